The van der Waals surface area contributed by atoms with Gasteiger partial charge in [0.15, 0.2) is 0 Å². The quantitative estimate of drug-likeness (QED) is 0.911. The smallest absolute Gasteiger partial charge is 0.261 e. The van der Waals surface area contributed by atoms with Gasteiger partial charge in [-0.1, -0.05) is 23.7 Å². The Bertz CT molecular complexity index is 734. The van der Waals surface area contributed by atoms with Crippen molar-refractivity contribution in [3.05, 3.63) is 58.9 Å². The third-order valence-corrected chi connectivity index (χ3v) is 4.23. The molecule has 0 bridgehead atoms. The first kappa shape index (κ1) is 14.8. The maximum absolute atomic E-state index is 13.0. The maximum atomic E-state index is 13.0. The molecule has 0 radical (unpaired) electrons. The fraction of sp³-hybridized carbons (Fsp3) is 0.0769. The number of rotatable bonds is 4. The average molecular weight is 316 g/mol. The van der Waals surface area contributed by atoms with E-state index >= 15 is 0 Å². The molecule has 2 rings (SSSR count). The van der Waals surface area contributed by atoms with E-state index in [1.165, 1.54) is 6.07 Å². The molecule has 0 aliphatic rings. The van der Waals surface area contributed by atoms with Crippen LogP contribution in [-0.2, 0) is 16.6 Å². The van der Waals surface area contributed by atoms with E-state index in [1.807, 2.05) is 0 Å². The standard InChI is InChI=1S/C13H11ClFNO3S/c14-12-7-11(4-5-13(12)15)20(18,19)16-10-3-1-2-9(6-10)8-17/h1-7,16-17H,8H2. The van der Waals surface area contributed by atoms with E-state index in [0.717, 1.165) is 18.2 Å². The topological polar surface area (TPSA) is 66.4 Å². The predicted octanol–water partition coefficient (Wildman–Crippen LogP) is 2.77. The highest BCUT2D eigenvalue weighted by Crippen LogP contribution is 2.22. The Hall–Kier alpha value is -1.63. The number of halogens is 2. The molecule has 0 amide bonds. The van der Waals surface area contributed by atoms with E-state index in [2.05, 4.69) is 4.72 Å². The number of sulfonamides is 1. The van der Waals surface area contributed by atoms with E-state index in [0.29, 0.717) is 11.3 Å². The molecule has 0 saturated carbocycles. The zero-order valence-corrected chi connectivity index (χ0v) is 11.7. The summed E-state index contributed by atoms with van der Waals surface area (Å²) in [5.74, 6) is -0.687. The first-order chi connectivity index (χ1) is 9.42. The van der Waals surface area contributed by atoms with Crippen LogP contribution in [0, 0.1) is 5.82 Å². The Kier molecular flexibility index (Phi) is 4.27. The number of anilines is 1. The van der Waals surface area contributed by atoms with Gasteiger partial charge in [0.25, 0.3) is 10.0 Å². The average Bonchev–Trinajstić information content (AvgIpc) is 2.41. The molecule has 7 heteroatoms. The van der Waals surface area contributed by atoms with Crippen molar-refractivity contribution < 1.29 is 17.9 Å². The minimum atomic E-state index is -3.86. The summed E-state index contributed by atoms with van der Waals surface area (Å²) in [6.07, 6.45) is 0. The third kappa shape index (κ3) is 3.27. The van der Waals surface area contributed by atoms with Gasteiger partial charge in [0.05, 0.1) is 16.5 Å². The molecule has 0 saturated heterocycles. The zero-order chi connectivity index (χ0) is 14.8. The van der Waals surface area contributed by atoms with Crippen LogP contribution in [0.3, 0.4) is 0 Å². The maximum Gasteiger partial charge on any atom is 0.261 e. The molecular weight excluding hydrogens is 305 g/mol. The second-order valence-electron chi connectivity index (χ2n) is 4.04. The van der Waals surface area contributed by atoms with Gasteiger partial charge >= 0.3 is 0 Å². The Morgan fingerprint density at radius 3 is 2.60 bits per heavy atom. The number of benzene rings is 2. The van der Waals surface area contributed by atoms with Crippen LogP contribution in [0.5, 0.6) is 0 Å². The summed E-state index contributed by atoms with van der Waals surface area (Å²) in [5.41, 5.74) is 0.874. The highest BCUT2D eigenvalue weighted by atomic mass is 35.5. The van der Waals surface area contributed by atoms with Crippen LogP contribution >= 0.6 is 11.6 Å². The van der Waals surface area contributed by atoms with Gasteiger partial charge in [-0.15, -0.1) is 0 Å². The normalized spacial score (nSPS) is 11.3. The molecule has 4 nitrogen and oxygen atoms in total. The molecular formula is C13H11ClFNO3S. The molecule has 0 spiro atoms. The number of hydrogen-bond acceptors (Lipinski definition) is 3. The summed E-state index contributed by atoms with van der Waals surface area (Å²) in [6, 6.07) is 9.47. The van der Waals surface area contributed by atoms with E-state index in [1.54, 1.807) is 18.2 Å². The van der Waals surface area contributed by atoms with Crippen LogP contribution in [0.1, 0.15) is 5.56 Å². The van der Waals surface area contributed by atoms with Crippen LogP contribution in [0.2, 0.25) is 5.02 Å². The summed E-state index contributed by atoms with van der Waals surface area (Å²) in [7, 11) is -3.86. The van der Waals surface area contributed by atoms with Gasteiger partial charge in [-0.2, -0.15) is 0 Å². The van der Waals surface area contributed by atoms with Crippen molar-refractivity contribution in [2.24, 2.45) is 0 Å². The fourth-order valence-corrected chi connectivity index (χ4v) is 2.91. The van der Waals surface area contributed by atoms with Crippen molar-refractivity contribution >= 4 is 27.3 Å². The molecule has 20 heavy (non-hydrogen) atoms. The first-order valence-electron chi connectivity index (χ1n) is 5.60. The summed E-state index contributed by atoms with van der Waals surface area (Å²) in [5, 5.41) is 8.74. The van der Waals surface area contributed by atoms with Gasteiger partial charge in [-0.05, 0) is 35.9 Å². The summed E-state index contributed by atoms with van der Waals surface area (Å²) >= 11 is 5.57. The third-order valence-electron chi connectivity index (χ3n) is 2.56. The van der Waals surface area contributed by atoms with E-state index in [-0.39, 0.29) is 16.5 Å². The minimum absolute atomic E-state index is 0.140. The molecule has 0 aliphatic heterocycles. The summed E-state index contributed by atoms with van der Waals surface area (Å²) < 4.78 is 39.6. The van der Waals surface area contributed by atoms with E-state index in [9.17, 15) is 12.8 Å². The Morgan fingerprint density at radius 1 is 1.20 bits per heavy atom. The van der Waals surface area contributed by atoms with Crippen molar-refractivity contribution in [3.8, 4) is 0 Å². The van der Waals surface area contributed by atoms with Gasteiger partial charge < -0.3 is 5.11 Å². The van der Waals surface area contributed by atoms with Gasteiger partial charge in [-0.3, -0.25) is 4.72 Å². The summed E-state index contributed by atoms with van der Waals surface area (Å²) in [4.78, 5) is -0.140. The van der Waals surface area contributed by atoms with Crippen LogP contribution in [0.4, 0.5) is 10.1 Å². The van der Waals surface area contributed by atoms with E-state index in [4.69, 9.17) is 16.7 Å². The first-order valence-corrected chi connectivity index (χ1v) is 7.46. The number of aliphatic hydroxyl groups excluding tert-OH is 1. The molecule has 0 aromatic heterocycles. The Labute approximate surface area is 120 Å². The molecule has 2 aromatic rings. The Morgan fingerprint density at radius 2 is 1.95 bits per heavy atom. The predicted molar refractivity (Wildman–Crippen MR) is 74.6 cm³/mol. The molecule has 2 aromatic carbocycles. The van der Waals surface area contributed by atoms with Gasteiger partial charge in [0, 0.05) is 5.69 Å². The SMILES string of the molecule is O=S(=O)(Nc1cccc(CO)c1)c1ccc(F)c(Cl)c1. The Balaban J connectivity index is 2.32. The number of nitrogens with one attached hydrogen (secondary N) is 1. The molecule has 0 aliphatic carbocycles. The van der Waals surface area contributed by atoms with Crippen molar-refractivity contribution in [2.45, 2.75) is 11.5 Å². The van der Waals surface area contributed by atoms with Crippen molar-refractivity contribution in [1.29, 1.82) is 0 Å². The second kappa shape index (κ2) is 5.78. The van der Waals surface area contributed by atoms with Crippen molar-refractivity contribution in [1.82, 2.24) is 0 Å². The van der Waals surface area contributed by atoms with Crippen LogP contribution in [-0.4, -0.2) is 13.5 Å². The highest BCUT2D eigenvalue weighted by Gasteiger charge is 2.16. The fourth-order valence-electron chi connectivity index (χ4n) is 1.59. The molecule has 0 heterocycles. The number of hydrogen-bond donors (Lipinski definition) is 2. The van der Waals surface area contributed by atoms with Gasteiger partial charge in [-0.25, -0.2) is 12.8 Å². The van der Waals surface area contributed by atoms with Gasteiger partial charge in [0.2, 0.25) is 0 Å². The molecule has 106 valence electrons. The lowest BCUT2D eigenvalue weighted by Crippen LogP contribution is -2.13. The lowest BCUT2D eigenvalue weighted by Gasteiger charge is -2.09. The molecule has 0 fully saturated rings. The molecule has 0 unspecified atom stereocenters. The van der Waals surface area contributed by atoms with Crippen LogP contribution in [0.25, 0.3) is 0 Å². The second-order valence-corrected chi connectivity index (χ2v) is 6.13. The van der Waals surface area contributed by atoms with Crippen LogP contribution < -0.4 is 4.72 Å². The molecule has 0 atom stereocenters. The number of aliphatic hydroxyl groups is 1. The largest absolute Gasteiger partial charge is 0.392 e. The lowest BCUT2D eigenvalue weighted by atomic mass is 10.2. The molecule has 2 N–H and O–H groups in total. The minimum Gasteiger partial charge on any atom is -0.392 e. The summed E-state index contributed by atoms with van der Waals surface area (Å²) in [6.45, 7) is -0.196. The van der Waals surface area contributed by atoms with Crippen molar-refractivity contribution in [3.63, 3.8) is 0 Å². The zero-order valence-electron chi connectivity index (χ0n) is 10.2. The monoisotopic (exact) mass is 315 g/mol. The lowest BCUT2D eigenvalue weighted by molar-refractivity contribution is 0.282. The van der Waals surface area contributed by atoms with Crippen molar-refractivity contribution in [2.75, 3.05) is 4.72 Å². The van der Waals surface area contributed by atoms with E-state index < -0.39 is 15.8 Å². The van der Waals surface area contributed by atoms with Gasteiger partial charge in [0.1, 0.15) is 5.82 Å². The highest BCUT2D eigenvalue weighted by molar-refractivity contribution is 7.92. The van der Waals surface area contributed by atoms with Crippen LogP contribution in [0.15, 0.2) is 47.4 Å².